The van der Waals surface area contributed by atoms with Gasteiger partial charge in [0.15, 0.2) is 5.82 Å². The van der Waals surface area contributed by atoms with Crippen molar-refractivity contribution in [2.24, 2.45) is 0 Å². The van der Waals surface area contributed by atoms with Gasteiger partial charge in [-0.2, -0.15) is 9.61 Å². The molecule has 4 rings (SSSR count). The Kier molecular flexibility index (Phi) is 3.01. The van der Waals surface area contributed by atoms with Crippen LogP contribution in [0.25, 0.3) is 16.3 Å². The summed E-state index contributed by atoms with van der Waals surface area (Å²) in [7, 11) is 0. The van der Waals surface area contributed by atoms with Crippen LogP contribution in [0.3, 0.4) is 0 Å². The van der Waals surface area contributed by atoms with E-state index in [9.17, 15) is 0 Å². The molecule has 1 aliphatic rings. The van der Waals surface area contributed by atoms with Crippen molar-refractivity contribution in [3.05, 3.63) is 35.3 Å². The molecule has 0 spiro atoms. The van der Waals surface area contributed by atoms with Crippen LogP contribution in [0.4, 0.5) is 0 Å². The first kappa shape index (κ1) is 12.9. The lowest BCUT2D eigenvalue weighted by Crippen LogP contribution is -2.28. The predicted octanol–water partition coefficient (Wildman–Crippen LogP) is 2.49. The number of aromatic nitrogens is 4. The molecule has 0 bridgehead atoms. The van der Waals surface area contributed by atoms with E-state index < -0.39 is 0 Å². The van der Waals surface area contributed by atoms with Crippen molar-refractivity contribution in [3.8, 4) is 11.4 Å². The third-order valence-corrected chi connectivity index (χ3v) is 5.54. The smallest absolute Gasteiger partial charge is 0.234 e. The van der Waals surface area contributed by atoms with Crippen molar-refractivity contribution >= 4 is 16.3 Å². The first-order chi connectivity index (χ1) is 10.3. The summed E-state index contributed by atoms with van der Waals surface area (Å²) in [6, 6.07) is 10.1. The Bertz CT molecular complexity index is 755. The zero-order chi connectivity index (χ0) is 14.3. The summed E-state index contributed by atoms with van der Waals surface area (Å²) < 4.78 is 1.89. The molecule has 1 saturated heterocycles. The number of hydrogen-bond acceptors (Lipinski definition) is 5. The zero-order valence-corrected chi connectivity index (χ0v) is 12.7. The molecule has 108 valence electrons. The maximum atomic E-state index is 4.84. The summed E-state index contributed by atoms with van der Waals surface area (Å²) in [5.41, 5.74) is 1.22. The third kappa shape index (κ3) is 1.98. The molecule has 5 nitrogen and oxygen atoms in total. The lowest BCUT2D eigenvalue weighted by molar-refractivity contribution is 0.446. The van der Waals surface area contributed by atoms with Gasteiger partial charge in [-0.3, -0.25) is 0 Å². The molecular weight excluding hydrogens is 282 g/mol. The Hall–Kier alpha value is -1.79. The number of benzene rings is 1. The van der Waals surface area contributed by atoms with Crippen molar-refractivity contribution in [2.45, 2.75) is 25.2 Å². The molecule has 0 aliphatic carbocycles. The summed E-state index contributed by atoms with van der Waals surface area (Å²) >= 11 is 1.67. The fourth-order valence-electron chi connectivity index (χ4n) is 2.98. The minimum absolute atomic E-state index is 0.166. The summed E-state index contributed by atoms with van der Waals surface area (Å²) in [4.78, 5) is 0.878. The highest BCUT2D eigenvalue weighted by atomic mass is 32.1. The lowest BCUT2D eigenvalue weighted by atomic mass is 9.85. The van der Waals surface area contributed by atoms with Gasteiger partial charge in [-0.15, -0.1) is 10.2 Å². The normalized spacial score (nSPS) is 22.1. The molecule has 1 fully saturated rings. The lowest BCUT2D eigenvalue weighted by Gasteiger charge is -2.22. The van der Waals surface area contributed by atoms with Crippen molar-refractivity contribution in [1.82, 2.24) is 25.1 Å². The van der Waals surface area contributed by atoms with Gasteiger partial charge in [0, 0.05) is 17.5 Å². The molecule has 0 radical (unpaired) electrons. The van der Waals surface area contributed by atoms with Crippen LogP contribution in [0.1, 0.15) is 24.8 Å². The largest absolute Gasteiger partial charge is 0.316 e. The van der Waals surface area contributed by atoms with Crippen LogP contribution in [0.15, 0.2) is 30.3 Å². The van der Waals surface area contributed by atoms with Gasteiger partial charge >= 0.3 is 0 Å². The molecule has 1 aliphatic heterocycles. The highest BCUT2D eigenvalue weighted by Gasteiger charge is 2.37. The Morgan fingerprint density at radius 2 is 2.14 bits per heavy atom. The van der Waals surface area contributed by atoms with Crippen molar-refractivity contribution in [1.29, 1.82) is 0 Å². The number of rotatable bonds is 3. The summed E-state index contributed by atoms with van der Waals surface area (Å²) in [6.07, 6.45) is 2.25. The molecule has 1 unspecified atom stereocenters. The van der Waals surface area contributed by atoms with Crippen molar-refractivity contribution < 1.29 is 0 Å². The van der Waals surface area contributed by atoms with Crippen LogP contribution in [-0.2, 0) is 5.41 Å². The zero-order valence-electron chi connectivity index (χ0n) is 11.9. The van der Waals surface area contributed by atoms with E-state index >= 15 is 0 Å². The van der Waals surface area contributed by atoms with Crippen molar-refractivity contribution in [2.75, 3.05) is 13.1 Å². The Morgan fingerprint density at radius 1 is 1.29 bits per heavy atom. The van der Waals surface area contributed by atoms with Gasteiger partial charge in [0.2, 0.25) is 4.96 Å². The molecule has 21 heavy (non-hydrogen) atoms. The van der Waals surface area contributed by atoms with Crippen LogP contribution in [0.2, 0.25) is 0 Å². The molecule has 1 aromatic carbocycles. The monoisotopic (exact) mass is 299 g/mol. The number of hydrogen-bond donors (Lipinski definition) is 1. The SMILES string of the molecule is CCC1(c2nn3c(-c4ccccc4)nnc3s2)CCNC1. The quantitative estimate of drug-likeness (QED) is 0.807. The Morgan fingerprint density at radius 3 is 2.86 bits per heavy atom. The molecule has 1 atom stereocenters. The first-order valence-corrected chi connectivity index (χ1v) is 8.13. The van der Waals surface area contributed by atoms with Gasteiger partial charge in [0.05, 0.1) is 0 Å². The van der Waals surface area contributed by atoms with Crippen LogP contribution < -0.4 is 5.32 Å². The second-order valence-corrected chi connectivity index (χ2v) is 6.51. The van der Waals surface area contributed by atoms with Crippen LogP contribution in [0.5, 0.6) is 0 Å². The fraction of sp³-hybridized carbons (Fsp3) is 0.400. The minimum Gasteiger partial charge on any atom is -0.316 e. The Balaban J connectivity index is 1.83. The molecule has 0 saturated carbocycles. The topological polar surface area (TPSA) is 55.1 Å². The van der Waals surface area contributed by atoms with Gasteiger partial charge in [-0.05, 0) is 19.4 Å². The molecule has 6 heteroatoms. The standard InChI is InChI=1S/C15H17N5S/c1-2-15(8-9-16-10-15)13-19-20-12(17-18-14(20)21-13)11-6-4-3-5-7-11/h3-7,16H,2,8-10H2,1H3. The predicted molar refractivity (Wildman–Crippen MR) is 83.6 cm³/mol. The van der Waals surface area contributed by atoms with Gasteiger partial charge in [-0.25, -0.2) is 0 Å². The highest BCUT2D eigenvalue weighted by molar-refractivity contribution is 7.16. The minimum atomic E-state index is 0.166. The second kappa shape index (κ2) is 4.89. The maximum absolute atomic E-state index is 4.84. The molecule has 2 aromatic heterocycles. The maximum Gasteiger partial charge on any atom is 0.234 e. The van der Waals surface area contributed by atoms with E-state index in [2.05, 4.69) is 22.4 Å². The average molecular weight is 299 g/mol. The first-order valence-electron chi connectivity index (χ1n) is 7.31. The third-order valence-electron chi connectivity index (χ3n) is 4.40. The Labute approximate surface area is 127 Å². The van der Waals surface area contributed by atoms with E-state index in [0.29, 0.717) is 0 Å². The van der Waals surface area contributed by atoms with Gasteiger partial charge in [-0.1, -0.05) is 48.6 Å². The van der Waals surface area contributed by atoms with E-state index in [1.165, 1.54) is 5.01 Å². The molecule has 3 aromatic rings. The summed E-state index contributed by atoms with van der Waals surface area (Å²) in [5, 5.41) is 18.1. The number of nitrogens with one attached hydrogen (secondary N) is 1. The van der Waals surface area contributed by atoms with E-state index in [1.807, 2.05) is 34.8 Å². The number of nitrogens with zero attached hydrogens (tertiary/aromatic N) is 4. The van der Waals surface area contributed by atoms with E-state index in [4.69, 9.17) is 5.10 Å². The fourth-order valence-corrected chi connectivity index (χ4v) is 4.10. The molecule has 1 N–H and O–H groups in total. The van der Waals surface area contributed by atoms with Gasteiger partial charge in [0.25, 0.3) is 0 Å². The molecular formula is C15H17N5S. The second-order valence-electron chi connectivity index (χ2n) is 5.55. The summed E-state index contributed by atoms with van der Waals surface area (Å²) in [5.74, 6) is 0.824. The van der Waals surface area contributed by atoms with Crippen LogP contribution in [-0.4, -0.2) is 32.9 Å². The average Bonchev–Trinajstić information content (AvgIpc) is 3.23. The van der Waals surface area contributed by atoms with Crippen LogP contribution >= 0.6 is 11.3 Å². The molecule has 0 amide bonds. The highest BCUT2D eigenvalue weighted by Crippen LogP contribution is 2.37. The van der Waals surface area contributed by atoms with Gasteiger partial charge < -0.3 is 5.32 Å². The molecule has 3 heterocycles. The van der Waals surface area contributed by atoms with E-state index in [-0.39, 0.29) is 5.41 Å². The van der Waals surface area contributed by atoms with E-state index in [0.717, 1.165) is 42.3 Å². The van der Waals surface area contributed by atoms with Crippen molar-refractivity contribution in [3.63, 3.8) is 0 Å². The number of fused-ring (bicyclic) bond motifs is 1. The van der Waals surface area contributed by atoms with E-state index in [1.54, 1.807) is 11.3 Å². The van der Waals surface area contributed by atoms with Gasteiger partial charge in [0.1, 0.15) is 5.01 Å². The van der Waals surface area contributed by atoms with Crippen LogP contribution in [0, 0.1) is 0 Å². The summed E-state index contributed by atoms with van der Waals surface area (Å²) in [6.45, 7) is 4.32.